The minimum absolute atomic E-state index is 0.448. The van der Waals surface area contributed by atoms with E-state index in [2.05, 4.69) is 4.18 Å². The van der Waals surface area contributed by atoms with Crippen molar-refractivity contribution in [2.24, 2.45) is 0 Å². The molecular weight excluding hydrogens is 265 g/mol. The van der Waals surface area contributed by atoms with Crippen LogP contribution < -0.4 is 0 Å². The van der Waals surface area contributed by atoms with E-state index in [1.54, 1.807) is 0 Å². The SMILES string of the molecule is CS(=O)(=O)OCC(F)C(F)(F)S(=O)(=O)[O-]. The molecule has 0 spiro atoms. The second-order valence-electron chi connectivity index (χ2n) is 2.47. The number of hydrogen-bond donors (Lipinski definition) is 0. The zero-order valence-corrected chi connectivity index (χ0v) is 8.82. The van der Waals surface area contributed by atoms with Crippen LogP contribution in [0.15, 0.2) is 0 Å². The van der Waals surface area contributed by atoms with Crippen LogP contribution in [0.2, 0.25) is 0 Å². The van der Waals surface area contributed by atoms with Gasteiger partial charge in [-0.3, -0.25) is 4.18 Å². The Morgan fingerprint density at radius 2 is 1.73 bits per heavy atom. The molecule has 0 radical (unpaired) electrons. The number of alkyl halides is 3. The lowest BCUT2D eigenvalue weighted by Crippen LogP contribution is -2.41. The molecule has 0 bridgehead atoms. The predicted molar refractivity (Wildman–Crippen MR) is 40.3 cm³/mol. The molecule has 0 aliphatic rings. The summed E-state index contributed by atoms with van der Waals surface area (Å²) in [6, 6.07) is 0. The normalized spacial score (nSPS) is 16.3. The van der Waals surface area contributed by atoms with Crippen molar-refractivity contribution in [3.05, 3.63) is 0 Å². The third-order valence-electron chi connectivity index (χ3n) is 1.13. The Labute approximate surface area is 83.9 Å². The summed E-state index contributed by atoms with van der Waals surface area (Å²) in [5, 5.41) is -5.22. The maximum Gasteiger partial charge on any atom is 0.367 e. The van der Waals surface area contributed by atoms with Crippen LogP contribution in [-0.2, 0) is 24.4 Å². The van der Waals surface area contributed by atoms with Gasteiger partial charge in [0.1, 0.15) is 6.61 Å². The first-order chi connectivity index (χ1) is 6.38. The van der Waals surface area contributed by atoms with E-state index in [-0.39, 0.29) is 0 Å². The van der Waals surface area contributed by atoms with Crippen LogP contribution in [0.25, 0.3) is 0 Å². The summed E-state index contributed by atoms with van der Waals surface area (Å²) < 4.78 is 90.9. The molecule has 15 heavy (non-hydrogen) atoms. The van der Waals surface area contributed by atoms with E-state index in [4.69, 9.17) is 0 Å². The maximum absolute atomic E-state index is 12.5. The third-order valence-corrected chi connectivity index (χ3v) is 2.61. The fourth-order valence-electron chi connectivity index (χ4n) is 0.437. The first kappa shape index (κ1) is 14.6. The molecule has 0 aliphatic heterocycles. The van der Waals surface area contributed by atoms with Gasteiger partial charge < -0.3 is 4.55 Å². The number of halogens is 3. The van der Waals surface area contributed by atoms with Gasteiger partial charge in [-0.15, -0.1) is 0 Å². The third kappa shape index (κ3) is 4.32. The highest BCUT2D eigenvalue weighted by Gasteiger charge is 2.47. The molecule has 0 aromatic rings. The summed E-state index contributed by atoms with van der Waals surface area (Å²) in [4.78, 5) is 0. The van der Waals surface area contributed by atoms with Crippen molar-refractivity contribution in [1.82, 2.24) is 0 Å². The van der Waals surface area contributed by atoms with Crippen LogP contribution in [0.1, 0.15) is 0 Å². The van der Waals surface area contributed by atoms with Gasteiger partial charge in [0.25, 0.3) is 10.1 Å². The van der Waals surface area contributed by atoms with Crippen molar-refractivity contribution >= 4 is 20.2 Å². The molecule has 92 valence electrons. The zero-order chi connectivity index (χ0) is 12.5. The van der Waals surface area contributed by atoms with Crippen molar-refractivity contribution < 1.29 is 38.7 Å². The first-order valence-corrected chi connectivity index (χ1v) is 6.42. The Bertz CT molecular complexity index is 412. The van der Waals surface area contributed by atoms with Crippen LogP contribution in [0, 0.1) is 0 Å². The molecule has 0 amide bonds. The molecule has 1 unspecified atom stereocenters. The average Bonchev–Trinajstić information content (AvgIpc) is 1.96. The molecule has 0 aromatic carbocycles. The lowest BCUT2D eigenvalue weighted by Gasteiger charge is -2.22. The van der Waals surface area contributed by atoms with E-state index < -0.39 is 38.3 Å². The van der Waals surface area contributed by atoms with Gasteiger partial charge in [0.2, 0.25) is 6.17 Å². The molecule has 1 atom stereocenters. The quantitative estimate of drug-likeness (QED) is 0.490. The van der Waals surface area contributed by atoms with Gasteiger partial charge in [-0.25, -0.2) is 12.8 Å². The van der Waals surface area contributed by atoms with Crippen LogP contribution >= 0.6 is 0 Å². The highest BCUT2D eigenvalue weighted by Crippen LogP contribution is 2.27. The molecule has 0 aliphatic carbocycles. The van der Waals surface area contributed by atoms with Crippen LogP contribution in [0.5, 0.6) is 0 Å². The molecule has 0 rings (SSSR count). The topological polar surface area (TPSA) is 101 Å². The van der Waals surface area contributed by atoms with E-state index in [0.29, 0.717) is 6.26 Å². The standard InChI is InChI=1S/C4H7F3O6S2/c1-14(8,9)13-2-3(5)4(6,7)15(10,11)12/h3H,2H2,1H3,(H,10,11,12)/p-1. The fraction of sp³-hybridized carbons (Fsp3) is 1.00. The van der Waals surface area contributed by atoms with E-state index in [0.717, 1.165) is 0 Å². The Morgan fingerprint density at radius 1 is 1.33 bits per heavy atom. The summed E-state index contributed by atoms with van der Waals surface area (Å²) in [6.07, 6.45) is -3.10. The van der Waals surface area contributed by atoms with E-state index >= 15 is 0 Å². The Balaban J connectivity index is 4.68. The van der Waals surface area contributed by atoms with Crippen molar-refractivity contribution in [2.75, 3.05) is 12.9 Å². The molecule has 6 nitrogen and oxygen atoms in total. The number of hydrogen-bond acceptors (Lipinski definition) is 6. The summed E-state index contributed by atoms with van der Waals surface area (Å²) in [5.41, 5.74) is 0. The van der Waals surface area contributed by atoms with Gasteiger partial charge in [-0.2, -0.15) is 17.2 Å². The molecule has 0 fully saturated rings. The van der Waals surface area contributed by atoms with Crippen molar-refractivity contribution in [1.29, 1.82) is 0 Å². The Hall–Kier alpha value is -0.390. The average molecular weight is 271 g/mol. The van der Waals surface area contributed by atoms with Gasteiger partial charge in [-0.1, -0.05) is 0 Å². The predicted octanol–water partition coefficient (Wildman–Crippen LogP) is -0.561. The minimum atomic E-state index is -6.20. The minimum Gasteiger partial charge on any atom is -0.743 e. The lowest BCUT2D eigenvalue weighted by molar-refractivity contribution is -0.0215. The summed E-state index contributed by atoms with van der Waals surface area (Å²) >= 11 is 0. The van der Waals surface area contributed by atoms with Crippen LogP contribution in [-0.4, -0.2) is 45.7 Å². The molecule has 0 N–H and O–H groups in total. The lowest BCUT2D eigenvalue weighted by atomic mass is 10.4. The zero-order valence-electron chi connectivity index (χ0n) is 7.18. The molecule has 0 aromatic heterocycles. The Morgan fingerprint density at radius 3 is 2.00 bits per heavy atom. The van der Waals surface area contributed by atoms with E-state index in [1.165, 1.54) is 0 Å². The fourth-order valence-corrected chi connectivity index (χ4v) is 1.18. The molecule has 11 heteroatoms. The highest BCUT2D eigenvalue weighted by atomic mass is 32.2. The smallest absolute Gasteiger partial charge is 0.367 e. The molecular formula is C4H6F3O6S2-. The monoisotopic (exact) mass is 271 g/mol. The summed E-state index contributed by atoms with van der Waals surface area (Å²) in [7, 11) is -10.4. The van der Waals surface area contributed by atoms with Gasteiger partial charge in [-0.05, 0) is 0 Å². The molecule has 0 saturated heterocycles. The molecule has 0 saturated carbocycles. The Kier molecular flexibility index (Phi) is 4.12. The number of rotatable bonds is 5. The summed E-state index contributed by atoms with van der Waals surface area (Å²) in [6.45, 7) is -1.74. The van der Waals surface area contributed by atoms with Gasteiger partial charge >= 0.3 is 5.25 Å². The van der Waals surface area contributed by atoms with E-state index in [9.17, 15) is 34.6 Å². The van der Waals surface area contributed by atoms with Crippen LogP contribution in [0.4, 0.5) is 13.2 Å². The van der Waals surface area contributed by atoms with E-state index in [1.807, 2.05) is 0 Å². The van der Waals surface area contributed by atoms with Gasteiger partial charge in [0.05, 0.1) is 6.26 Å². The van der Waals surface area contributed by atoms with Crippen molar-refractivity contribution in [2.45, 2.75) is 11.4 Å². The summed E-state index contributed by atoms with van der Waals surface area (Å²) in [5.74, 6) is 0. The van der Waals surface area contributed by atoms with Gasteiger partial charge in [0, 0.05) is 0 Å². The second kappa shape index (κ2) is 4.23. The second-order valence-corrected chi connectivity index (χ2v) is 5.57. The largest absolute Gasteiger partial charge is 0.743 e. The highest BCUT2D eigenvalue weighted by molar-refractivity contribution is 7.87. The van der Waals surface area contributed by atoms with Crippen molar-refractivity contribution in [3.8, 4) is 0 Å². The molecule has 0 heterocycles. The van der Waals surface area contributed by atoms with Crippen LogP contribution in [0.3, 0.4) is 0 Å². The first-order valence-electron chi connectivity index (χ1n) is 3.19. The van der Waals surface area contributed by atoms with Gasteiger partial charge in [0.15, 0.2) is 10.1 Å². The van der Waals surface area contributed by atoms with Crippen molar-refractivity contribution in [3.63, 3.8) is 0 Å². The maximum atomic E-state index is 12.5.